The lowest BCUT2D eigenvalue weighted by Crippen LogP contribution is -2.22. The maximum atomic E-state index is 10.3. The van der Waals surface area contributed by atoms with Gasteiger partial charge in [-0.2, -0.15) is 8.42 Å². The lowest BCUT2D eigenvalue weighted by atomic mass is 10.4. The second-order valence-corrected chi connectivity index (χ2v) is 3.24. The lowest BCUT2D eigenvalue weighted by Gasteiger charge is -2.03. The van der Waals surface area contributed by atoms with Crippen molar-refractivity contribution in [2.75, 3.05) is 5.94 Å². The van der Waals surface area contributed by atoms with Gasteiger partial charge in [-0.25, -0.2) is 4.79 Å². The molecular formula is C4H8O6S. The van der Waals surface area contributed by atoms with E-state index in [1.54, 1.807) is 0 Å². The summed E-state index contributed by atoms with van der Waals surface area (Å²) >= 11 is 0. The summed E-state index contributed by atoms with van der Waals surface area (Å²) in [5.41, 5.74) is 0. The van der Waals surface area contributed by atoms with Gasteiger partial charge in [-0.1, -0.05) is 0 Å². The monoisotopic (exact) mass is 184 g/mol. The van der Waals surface area contributed by atoms with Crippen LogP contribution in [-0.4, -0.2) is 36.1 Å². The van der Waals surface area contributed by atoms with Gasteiger partial charge in [0.1, 0.15) is 6.10 Å². The molecule has 0 saturated heterocycles. The van der Waals surface area contributed by atoms with Crippen molar-refractivity contribution < 1.29 is 27.6 Å². The van der Waals surface area contributed by atoms with Crippen molar-refractivity contribution in [1.82, 2.24) is 0 Å². The second-order valence-electron chi connectivity index (χ2n) is 1.84. The van der Waals surface area contributed by atoms with Crippen molar-refractivity contribution in [3.8, 4) is 0 Å². The second kappa shape index (κ2) is 3.65. The third-order valence-corrected chi connectivity index (χ3v) is 1.11. The van der Waals surface area contributed by atoms with Gasteiger partial charge in [0.25, 0.3) is 0 Å². The minimum atomic E-state index is -4.31. The van der Waals surface area contributed by atoms with Crippen molar-refractivity contribution >= 4 is 16.1 Å². The predicted octanol–water partition coefficient (Wildman–Crippen LogP) is -1.24. The number of aliphatic hydroxyl groups excluding tert-OH is 1. The van der Waals surface area contributed by atoms with Gasteiger partial charge in [0, 0.05) is 0 Å². The molecule has 1 atom stereocenters. The fourth-order valence-corrected chi connectivity index (χ4v) is 0.518. The van der Waals surface area contributed by atoms with Crippen LogP contribution in [-0.2, 0) is 19.6 Å². The Bertz CT molecular complexity index is 227. The van der Waals surface area contributed by atoms with E-state index >= 15 is 0 Å². The average molecular weight is 184 g/mol. The molecule has 0 aromatic heterocycles. The third kappa shape index (κ3) is 5.77. The number of ether oxygens (including phenoxy) is 1. The number of esters is 1. The first kappa shape index (κ1) is 10.3. The van der Waals surface area contributed by atoms with E-state index in [4.69, 9.17) is 9.66 Å². The summed E-state index contributed by atoms with van der Waals surface area (Å²) in [7, 11) is -4.31. The van der Waals surface area contributed by atoms with Crippen molar-refractivity contribution in [3.63, 3.8) is 0 Å². The molecule has 0 fully saturated rings. The molecule has 6 nitrogen and oxygen atoms in total. The molecule has 0 bridgehead atoms. The van der Waals surface area contributed by atoms with E-state index in [2.05, 4.69) is 4.74 Å². The molecule has 0 aromatic rings. The average Bonchev–Trinajstić information content (AvgIpc) is 1.80. The predicted molar refractivity (Wildman–Crippen MR) is 34.2 cm³/mol. The molecular weight excluding hydrogens is 176 g/mol. The highest BCUT2D eigenvalue weighted by molar-refractivity contribution is 7.85. The fourth-order valence-electron chi connectivity index (χ4n) is 0.253. The van der Waals surface area contributed by atoms with Crippen molar-refractivity contribution in [2.24, 2.45) is 0 Å². The van der Waals surface area contributed by atoms with E-state index in [0.29, 0.717) is 0 Å². The molecule has 0 amide bonds. The molecule has 66 valence electrons. The molecule has 0 radical (unpaired) electrons. The number of carbonyl (C=O) groups is 1. The van der Waals surface area contributed by atoms with Crippen LogP contribution in [0, 0.1) is 0 Å². The van der Waals surface area contributed by atoms with E-state index in [0.717, 1.165) is 6.92 Å². The molecule has 0 heterocycles. The first-order valence-corrected chi connectivity index (χ1v) is 4.23. The standard InChI is InChI=1S/C4H8O6S/c1-3(5)4(6)10-2-11(7,8)9/h3,5H,2H2,1H3,(H,7,8,9). The smallest absolute Gasteiger partial charge is 0.335 e. The van der Waals surface area contributed by atoms with E-state index < -0.39 is 28.1 Å². The van der Waals surface area contributed by atoms with Crippen LogP contribution < -0.4 is 0 Å². The van der Waals surface area contributed by atoms with E-state index in [1.807, 2.05) is 0 Å². The van der Waals surface area contributed by atoms with E-state index in [-0.39, 0.29) is 0 Å². The van der Waals surface area contributed by atoms with Crippen LogP contribution in [0.1, 0.15) is 6.92 Å². The van der Waals surface area contributed by atoms with Crippen LogP contribution >= 0.6 is 0 Å². The van der Waals surface area contributed by atoms with E-state index in [9.17, 15) is 13.2 Å². The highest BCUT2D eigenvalue weighted by Gasteiger charge is 2.13. The summed E-state index contributed by atoms with van der Waals surface area (Å²) in [4.78, 5) is 10.3. The number of hydrogen-bond acceptors (Lipinski definition) is 5. The van der Waals surface area contributed by atoms with Crippen LogP contribution in [0.4, 0.5) is 0 Å². The lowest BCUT2D eigenvalue weighted by molar-refractivity contribution is -0.150. The zero-order valence-electron chi connectivity index (χ0n) is 5.72. The Balaban J connectivity index is 3.83. The van der Waals surface area contributed by atoms with Crippen molar-refractivity contribution in [2.45, 2.75) is 13.0 Å². The van der Waals surface area contributed by atoms with Gasteiger partial charge < -0.3 is 9.84 Å². The van der Waals surface area contributed by atoms with Crippen LogP contribution in [0.15, 0.2) is 0 Å². The van der Waals surface area contributed by atoms with Gasteiger partial charge in [0.2, 0.25) is 5.94 Å². The molecule has 11 heavy (non-hydrogen) atoms. The number of aliphatic hydroxyl groups is 1. The van der Waals surface area contributed by atoms with Crippen LogP contribution in [0.3, 0.4) is 0 Å². The van der Waals surface area contributed by atoms with Crippen LogP contribution in [0.25, 0.3) is 0 Å². The quantitative estimate of drug-likeness (QED) is 0.420. The highest BCUT2D eigenvalue weighted by atomic mass is 32.2. The summed E-state index contributed by atoms with van der Waals surface area (Å²) < 4.78 is 31.9. The first-order valence-electron chi connectivity index (χ1n) is 2.63. The van der Waals surface area contributed by atoms with Crippen molar-refractivity contribution in [3.05, 3.63) is 0 Å². The van der Waals surface area contributed by atoms with Crippen LogP contribution in [0.5, 0.6) is 0 Å². The Hall–Kier alpha value is -0.660. The van der Waals surface area contributed by atoms with Gasteiger partial charge in [-0.05, 0) is 6.92 Å². The molecule has 0 aliphatic carbocycles. The van der Waals surface area contributed by atoms with Crippen molar-refractivity contribution in [1.29, 1.82) is 0 Å². The van der Waals surface area contributed by atoms with Gasteiger partial charge in [0.05, 0.1) is 0 Å². The Morgan fingerprint density at radius 2 is 2.09 bits per heavy atom. The molecule has 1 unspecified atom stereocenters. The topological polar surface area (TPSA) is 101 Å². The number of hydrogen-bond donors (Lipinski definition) is 2. The minimum absolute atomic E-state index is 1.09. The molecule has 0 aliphatic heterocycles. The maximum Gasteiger partial charge on any atom is 0.335 e. The normalized spacial score (nSPS) is 14.1. The SMILES string of the molecule is CC(O)C(=O)OCS(=O)(=O)O. The molecule has 0 aromatic carbocycles. The Morgan fingerprint density at radius 3 is 2.36 bits per heavy atom. The van der Waals surface area contributed by atoms with Gasteiger partial charge in [-0.15, -0.1) is 0 Å². The molecule has 0 saturated carbocycles. The minimum Gasteiger partial charge on any atom is -0.445 e. The molecule has 7 heteroatoms. The highest BCUT2D eigenvalue weighted by Crippen LogP contribution is 1.89. The fraction of sp³-hybridized carbons (Fsp3) is 0.750. The van der Waals surface area contributed by atoms with E-state index in [1.165, 1.54) is 0 Å². The number of rotatable bonds is 3. The zero-order chi connectivity index (χ0) is 9.07. The Kier molecular flexibility index (Phi) is 3.43. The Labute approximate surface area is 63.5 Å². The van der Waals surface area contributed by atoms with Gasteiger partial charge in [0.15, 0.2) is 0 Å². The molecule has 0 aliphatic rings. The van der Waals surface area contributed by atoms with Gasteiger partial charge >= 0.3 is 16.1 Å². The zero-order valence-corrected chi connectivity index (χ0v) is 6.54. The molecule has 0 spiro atoms. The largest absolute Gasteiger partial charge is 0.445 e. The summed E-state index contributed by atoms with van der Waals surface area (Å²) in [6.07, 6.45) is -1.39. The summed E-state index contributed by atoms with van der Waals surface area (Å²) in [6, 6.07) is 0. The number of carbonyl (C=O) groups excluding carboxylic acids is 1. The molecule has 0 rings (SSSR count). The van der Waals surface area contributed by atoms with Gasteiger partial charge in [-0.3, -0.25) is 4.55 Å². The first-order chi connectivity index (χ1) is 4.83. The maximum absolute atomic E-state index is 10.3. The van der Waals surface area contributed by atoms with Crippen LogP contribution in [0.2, 0.25) is 0 Å². The third-order valence-electron chi connectivity index (χ3n) is 0.691. The molecule has 2 N–H and O–H groups in total. The summed E-state index contributed by atoms with van der Waals surface area (Å²) in [5.74, 6) is -2.22. The summed E-state index contributed by atoms with van der Waals surface area (Å²) in [6.45, 7) is 1.12. The summed E-state index contributed by atoms with van der Waals surface area (Å²) in [5, 5.41) is 8.47. The Morgan fingerprint density at radius 1 is 1.64 bits per heavy atom.